The van der Waals surface area contributed by atoms with Gasteiger partial charge in [0.2, 0.25) is 0 Å². The van der Waals surface area contributed by atoms with Crippen LogP contribution in [0.15, 0.2) is 53.7 Å². The molecule has 124 valence electrons. The number of nitrogens with one attached hydrogen (secondary N) is 2. The van der Waals surface area contributed by atoms with Crippen molar-refractivity contribution in [2.75, 3.05) is 11.9 Å². The molecule has 0 aliphatic carbocycles. The molecule has 1 aromatic heterocycles. The molecule has 4 nitrogen and oxygen atoms in total. The predicted octanol–water partition coefficient (Wildman–Crippen LogP) is 3.84. The van der Waals surface area contributed by atoms with Gasteiger partial charge in [0.25, 0.3) is 0 Å². The van der Waals surface area contributed by atoms with E-state index < -0.39 is 0 Å². The predicted molar refractivity (Wildman–Crippen MR) is 97.9 cm³/mol. The molecule has 0 saturated carbocycles. The topological polar surface area (TPSA) is 66.2 Å². The molecule has 3 rings (SSSR count). The van der Waals surface area contributed by atoms with Crippen LogP contribution in [0, 0.1) is 5.82 Å². The lowest BCUT2D eigenvalue weighted by Gasteiger charge is -2.07. The molecule has 2 aromatic carbocycles. The molecule has 0 atom stereocenters. The van der Waals surface area contributed by atoms with Crippen LogP contribution in [-0.4, -0.2) is 17.5 Å². The highest BCUT2D eigenvalue weighted by Crippen LogP contribution is 2.19. The number of aromatic amines is 1. The molecule has 1 heterocycles. The van der Waals surface area contributed by atoms with Crippen molar-refractivity contribution in [1.82, 2.24) is 4.98 Å². The Kier molecular flexibility index (Phi) is 4.79. The third-order valence-electron chi connectivity index (χ3n) is 4.00. The summed E-state index contributed by atoms with van der Waals surface area (Å²) in [6.45, 7) is 2.68. The van der Waals surface area contributed by atoms with E-state index in [1.54, 1.807) is 6.07 Å². The highest BCUT2D eigenvalue weighted by atomic mass is 19.1. The minimum Gasteiger partial charge on any atom is -0.370 e. The minimum absolute atomic E-state index is 0.239. The van der Waals surface area contributed by atoms with Gasteiger partial charge in [-0.1, -0.05) is 19.1 Å². The zero-order valence-corrected chi connectivity index (χ0v) is 13.6. The fourth-order valence-electron chi connectivity index (χ4n) is 2.72. The first-order valence-electron chi connectivity index (χ1n) is 8.07. The summed E-state index contributed by atoms with van der Waals surface area (Å²) >= 11 is 0. The maximum Gasteiger partial charge on any atom is 0.193 e. The largest absolute Gasteiger partial charge is 0.370 e. The summed E-state index contributed by atoms with van der Waals surface area (Å²) in [5, 5.41) is 4.13. The standard InChI is InChI=1S/C19H21FN4/c1-2-13-4-3-5-16(10-13)24-19(21)22-9-8-14-12-23-18-11-15(20)6-7-17(14)18/h3-7,10-12,23H,2,8-9H2,1H3,(H3,21,22,24). The molecule has 0 spiro atoms. The quantitative estimate of drug-likeness (QED) is 0.493. The van der Waals surface area contributed by atoms with Crippen LogP contribution < -0.4 is 11.1 Å². The van der Waals surface area contributed by atoms with Gasteiger partial charge in [0.05, 0.1) is 0 Å². The summed E-state index contributed by atoms with van der Waals surface area (Å²) in [6.07, 6.45) is 3.62. The first-order chi connectivity index (χ1) is 11.7. The van der Waals surface area contributed by atoms with E-state index in [2.05, 4.69) is 34.3 Å². The Bertz CT molecular complexity index is 867. The van der Waals surface area contributed by atoms with Gasteiger partial charge in [0.1, 0.15) is 5.82 Å². The molecule has 0 aliphatic heterocycles. The number of anilines is 1. The number of guanidine groups is 1. The minimum atomic E-state index is -0.239. The molecule has 0 bridgehead atoms. The lowest BCUT2D eigenvalue weighted by molar-refractivity contribution is 0.629. The molecule has 5 heteroatoms. The summed E-state index contributed by atoms with van der Waals surface area (Å²) in [7, 11) is 0. The molecular weight excluding hydrogens is 303 g/mol. The number of benzene rings is 2. The number of hydrogen-bond donors (Lipinski definition) is 3. The molecule has 4 N–H and O–H groups in total. The summed E-state index contributed by atoms with van der Waals surface area (Å²) < 4.78 is 13.2. The summed E-state index contributed by atoms with van der Waals surface area (Å²) in [6, 6.07) is 12.9. The molecule has 0 amide bonds. The van der Waals surface area contributed by atoms with Gasteiger partial charge in [-0.25, -0.2) is 4.39 Å². The van der Waals surface area contributed by atoms with Crippen LogP contribution >= 0.6 is 0 Å². The SMILES string of the molecule is CCc1cccc(NC(N)=NCCc2c[nH]c3cc(F)ccc23)c1. The third kappa shape index (κ3) is 3.74. The number of aromatic nitrogens is 1. The van der Waals surface area contributed by atoms with Crippen molar-refractivity contribution in [2.45, 2.75) is 19.8 Å². The molecule has 0 aliphatic rings. The number of nitrogens with zero attached hydrogens (tertiary/aromatic N) is 1. The van der Waals surface area contributed by atoms with Crippen molar-refractivity contribution in [3.05, 3.63) is 65.6 Å². The first kappa shape index (κ1) is 16.1. The average Bonchev–Trinajstić information content (AvgIpc) is 2.97. The van der Waals surface area contributed by atoms with Crippen LogP contribution in [0.25, 0.3) is 10.9 Å². The van der Waals surface area contributed by atoms with Crippen LogP contribution in [-0.2, 0) is 12.8 Å². The molecule has 0 unspecified atom stereocenters. The van der Waals surface area contributed by atoms with Crippen LogP contribution in [0.2, 0.25) is 0 Å². The monoisotopic (exact) mass is 324 g/mol. The van der Waals surface area contributed by atoms with Gasteiger partial charge >= 0.3 is 0 Å². The second-order valence-corrected chi connectivity index (χ2v) is 5.70. The highest BCUT2D eigenvalue weighted by molar-refractivity contribution is 5.92. The first-order valence-corrected chi connectivity index (χ1v) is 8.07. The van der Waals surface area contributed by atoms with Gasteiger partial charge in [0.15, 0.2) is 5.96 Å². The maximum absolute atomic E-state index is 13.2. The third-order valence-corrected chi connectivity index (χ3v) is 4.00. The van der Waals surface area contributed by atoms with Crippen molar-refractivity contribution >= 4 is 22.5 Å². The molecule has 0 radical (unpaired) electrons. The number of aliphatic imine (C=N–C) groups is 1. The Morgan fingerprint density at radius 3 is 2.96 bits per heavy atom. The van der Waals surface area contributed by atoms with E-state index in [1.165, 1.54) is 17.7 Å². The Balaban J connectivity index is 1.62. The van der Waals surface area contributed by atoms with Crippen LogP contribution in [0.5, 0.6) is 0 Å². The van der Waals surface area contributed by atoms with Gasteiger partial charge < -0.3 is 16.0 Å². The molecule has 0 fully saturated rings. The lowest BCUT2D eigenvalue weighted by atomic mass is 10.1. The second kappa shape index (κ2) is 7.17. The van der Waals surface area contributed by atoms with E-state index in [-0.39, 0.29) is 5.82 Å². The zero-order chi connectivity index (χ0) is 16.9. The second-order valence-electron chi connectivity index (χ2n) is 5.70. The normalized spacial score (nSPS) is 11.8. The Morgan fingerprint density at radius 2 is 2.12 bits per heavy atom. The number of aryl methyl sites for hydroxylation is 1. The molecule has 24 heavy (non-hydrogen) atoms. The molecule has 3 aromatic rings. The maximum atomic E-state index is 13.2. The van der Waals surface area contributed by atoms with Crippen LogP contribution in [0.3, 0.4) is 0 Å². The smallest absolute Gasteiger partial charge is 0.193 e. The molecular formula is C19H21FN4. The van der Waals surface area contributed by atoms with E-state index in [0.29, 0.717) is 12.5 Å². The summed E-state index contributed by atoms with van der Waals surface area (Å²) in [4.78, 5) is 7.45. The van der Waals surface area contributed by atoms with E-state index in [0.717, 1.165) is 35.0 Å². The van der Waals surface area contributed by atoms with Crippen molar-refractivity contribution in [3.8, 4) is 0 Å². The summed E-state index contributed by atoms with van der Waals surface area (Å²) in [5.41, 5.74) is 10.1. The summed E-state index contributed by atoms with van der Waals surface area (Å²) in [5.74, 6) is 0.158. The number of nitrogens with two attached hydrogens (primary N) is 1. The average molecular weight is 324 g/mol. The van der Waals surface area contributed by atoms with Crippen LogP contribution in [0.1, 0.15) is 18.1 Å². The lowest BCUT2D eigenvalue weighted by Crippen LogP contribution is -2.23. The number of fused-ring (bicyclic) bond motifs is 1. The van der Waals surface area contributed by atoms with Crippen molar-refractivity contribution in [3.63, 3.8) is 0 Å². The van der Waals surface area contributed by atoms with Crippen molar-refractivity contribution in [1.29, 1.82) is 0 Å². The van der Waals surface area contributed by atoms with E-state index >= 15 is 0 Å². The number of hydrogen-bond acceptors (Lipinski definition) is 1. The Hall–Kier alpha value is -2.82. The van der Waals surface area contributed by atoms with Gasteiger partial charge in [-0.05, 0) is 54.3 Å². The van der Waals surface area contributed by atoms with E-state index in [4.69, 9.17) is 5.73 Å². The number of H-pyrrole nitrogens is 1. The van der Waals surface area contributed by atoms with Gasteiger partial charge in [-0.2, -0.15) is 0 Å². The van der Waals surface area contributed by atoms with Gasteiger partial charge in [-0.15, -0.1) is 0 Å². The van der Waals surface area contributed by atoms with Gasteiger partial charge in [0, 0.05) is 29.3 Å². The van der Waals surface area contributed by atoms with Crippen LogP contribution in [0.4, 0.5) is 10.1 Å². The van der Waals surface area contributed by atoms with E-state index in [1.807, 2.05) is 18.3 Å². The Morgan fingerprint density at radius 1 is 1.25 bits per heavy atom. The fraction of sp³-hybridized carbons (Fsp3) is 0.211. The molecule has 0 saturated heterocycles. The van der Waals surface area contributed by atoms with E-state index in [9.17, 15) is 4.39 Å². The van der Waals surface area contributed by atoms with Crippen molar-refractivity contribution in [2.24, 2.45) is 10.7 Å². The fourth-order valence-corrected chi connectivity index (χ4v) is 2.72. The number of halogens is 1. The van der Waals surface area contributed by atoms with Gasteiger partial charge in [-0.3, -0.25) is 4.99 Å². The van der Waals surface area contributed by atoms with Crippen molar-refractivity contribution < 1.29 is 4.39 Å². The Labute approximate surface area is 140 Å². The zero-order valence-electron chi connectivity index (χ0n) is 13.6. The highest BCUT2D eigenvalue weighted by Gasteiger charge is 2.04. The number of rotatable bonds is 5.